The summed E-state index contributed by atoms with van der Waals surface area (Å²) in [6.45, 7) is 2.83. The standard InChI is InChI=1S/C16H20FN3/c1-11-14(10-20(2)19-11)9-18-16(12-3-4-12)13-5-7-15(17)8-6-13/h5-8,10,12,16,18H,3-4,9H2,1-2H3. The summed E-state index contributed by atoms with van der Waals surface area (Å²) in [6, 6.07) is 7.18. The molecule has 0 spiro atoms. The highest BCUT2D eigenvalue weighted by molar-refractivity contribution is 5.23. The smallest absolute Gasteiger partial charge is 0.123 e. The predicted molar refractivity (Wildman–Crippen MR) is 76.6 cm³/mol. The first-order valence-electron chi connectivity index (χ1n) is 7.11. The van der Waals surface area contributed by atoms with Crippen molar-refractivity contribution in [1.82, 2.24) is 15.1 Å². The van der Waals surface area contributed by atoms with Crippen LogP contribution in [0.5, 0.6) is 0 Å². The van der Waals surface area contributed by atoms with Gasteiger partial charge < -0.3 is 5.32 Å². The van der Waals surface area contributed by atoms with E-state index < -0.39 is 0 Å². The number of rotatable bonds is 5. The van der Waals surface area contributed by atoms with Crippen molar-refractivity contribution in [2.45, 2.75) is 32.4 Å². The third-order valence-corrected chi connectivity index (χ3v) is 3.95. The van der Waals surface area contributed by atoms with E-state index in [0.29, 0.717) is 12.0 Å². The summed E-state index contributed by atoms with van der Waals surface area (Å²) in [5, 5.41) is 7.97. The highest BCUT2D eigenvalue weighted by Gasteiger charge is 2.32. The van der Waals surface area contributed by atoms with Crippen molar-refractivity contribution < 1.29 is 4.39 Å². The van der Waals surface area contributed by atoms with E-state index in [1.165, 1.54) is 24.0 Å². The fourth-order valence-electron chi connectivity index (χ4n) is 2.70. The molecular formula is C16H20FN3. The van der Waals surface area contributed by atoms with Crippen molar-refractivity contribution in [3.63, 3.8) is 0 Å². The van der Waals surface area contributed by atoms with Gasteiger partial charge in [0.25, 0.3) is 0 Å². The molecule has 1 unspecified atom stereocenters. The van der Waals surface area contributed by atoms with Crippen LogP contribution in [0.3, 0.4) is 0 Å². The van der Waals surface area contributed by atoms with E-state index in [4.69, 9.17) is 0 Å². The van der Waals surface area contributed by atoms with E-state index in [0.717, 1.165) is 12.2 Å². The molecule has 3 nitrogen and oxygen atoms in total. The van der Waals surface area contributed by atoms with Gasteiger partial charge in [-0.25, -0.2) is 4.39 Å². The summed E-state index contributed by atoms with van der Waals surface area (Å²) in [5.74, 6) is 0.504. The monoisotopic (exact) mass is 273 g/mol. The van der Waals surface area contributed by atoms with E-state index >= 15 is 0 Å². The summed E-state index contributed by atoms with van der Waals surface area (Å²) in [6.07, 6.45) is 4.55. The normalized spacial score (nSPS) is 16.4. The third-order valence-electron chi connectivity index (χ3n) is 3.95. The highest BCUT2D eigenvalue weighted by atomic mass is 19.1. The number of aryl methyl sites for hydroxylation is 2. The Kier molecular flexibility index (Phi) is 3.57. The zero-order valence-corrected chi connectivity index (χ0v) is 11.9. The van der Waals surface area contributed by atoms with E-state index in [-0.39, 0.29) is 5.82 Å². The van der Waals surface area contributed by atoms with E-state index in [1.54, 1.807) is 12.1 Å². The Labute approximate surface area is 118 Å². The molecule has 1 N–H and O–H groups in total. The quantitative estimate of drug-likeness (QED) is 0.907. The van der Waals surface area contributed by atoms with Crippen molar-refractivity contribution in [3.05, 3.63) is 53.1 Å². The molecule has 1 aliphatic rings. The Bertz CT molecular complexity index is 584. The summed E-state index contributed by atoms with van der Waals surface area (Å²) in [5.41, 5.74) is 3.46. The first-order chi connectivity index (χ1) is 9.63. The highest BCUT2D eigenvalue weighted by Crippen LogP contribution is 2.41. The first-order valence-corrected chi connectivity index (χ1v) is 7.11. The maximum Gasteiger partial charge on any atom is 0.123 e. The van der Waals surface area contributed by atoms with Crippen LogP contribution in [-0.4, -0.2) is 9.78 Å². The minimum Gasteiger partial charge on any atom is -0.305 e. The number of hydrogen-bond donors (Lipinski definition) is 1. The minimum absolute atomic E-state index is 0.175. The third kappa shape index (κ3) is 2.90. The van der Waals surface area contributed by atoms with Gasteiger partial charge in [-0.05, 0) is 43.4 Å². The molecule has 2 aromatic rings. The lowest BCUT2D eigenvalue weighted by Gasteiger charge is -2.18. The van der Waals surface area contributed by atoms with Crippen LogP contribution < -0.4 is 5.32 Å². The number of nitrogens with one attached hydrogen (secondary N) is 1. The topological polar surface area (TPSA) is 29.9 Å². The number of aromatic nitrogens is 2. The molecule has 0 radical (unpaired) electrons. The summed E-state index contributed by atoms with van der Waals surface area (Å²) in [4.78, 5) is 0. The molecule has 4 heteroatoms. The van der Waals surface area contributed by atoms with Crippen LogP contribution in [0.2, 0.25) is 0 Å². The summed E-state index contributed by atoms with van der Waals surface area (Å²) >= 11 is 0. The molecule has 1 fully saturated rings. The SMILES string of the molecule is Cc1nn(C)cc1CNC(c1ccc(F)cc1)C1CC1. The van der Waals surface area contributed by atoms with Crippen molar-refractivity contribution >= 4 is 0 Å². The number of halogens is 1. The van der Waals surface area contributed by atoms with Gasteiger partial charge in [0.1, 0.15) is 5.82 Å². The summed E-state index contributed by atoms with van der Waals surface area (Å²) < 4.78 is 14.9. The fourth-order valence-corrected chi connectivity index (χ4v) is 2.70. The molecule has 20 heavy (non-hydrogen) atoms. The Morgan fingerprint density at radius 1 is 1.35 bits per heavy atom. The Morgan fingerprint density at radius 2 is 2.05 bits per heavy atom. The molecule has 0 saturated heterocycles. The molecule has 106 valence electrons. The van der Waals surface area contributed by atoms with Gasteiger partial charge in [-0.15, -0.1) is 0 Å². The molecular weight excluding hydrogens is 253 g/mol. The zero-order valence-electron chi connectivity index (χ0n) is 11.9. The van der Waals surface area contributed by atoms with Crippen LogP contribution in [-0.2, 0) is 13.6 Å². The predicted octanol–water partition coefficient (Wildman–Crippen LogP) is 3.11. The second-order valence-corrected chi connectivity index (χ2v) is 5.66. The molecule has 0 amide bonds. The van der Waals surface area contributed by atoms with Gasteiger partial charge in [0.2, 0.25) is 0 Å². The number of hydrogen-bond acceptors (Lipinski definition) is 2. The molecule has 0 aliphatic heterocycles. The maximum absolute atomic E-state index is 13.0. The molecule has 1 heterocycles. The van der Waals surface area contributed by atoms with Crippen LogP contribution in [0.4, 0.5) is 4.39 Å². The molecule has 1 atom stereocenters. The lowest BCUT2D eigenvalue weighted by atomic mass is 10.0. The molecule has 1 aliphatic carbocycles. The lowest BCUT2D eigenvalue weighted by Crippen LogP contribution is -2.22. The van der Waals surface area contributed by atoms with Gasteiger partial charge in [-0.3, -0.25) is 4.68 Å². The van der Waals surface area contributed by atoms with Crippen LogP contribution in [0.1, 0.15) is 35.7 Å². The Hall–Kier alpha value is -1.68. The van der Waals surface area contributed by atoms with Gasteiger partial charge >= 0.3 is 0 Å². The van der Waals surface area contributed by atoms with Gasteiger partial charge in [0.15, 0.2) is 0 Å². The van der Waals surface area contributed by atoms with Crippen LogP contribution in [0.15, 0.2) is 30.5 Å². The van der Waals surface area contributed by atoms with Gasteiger partial charge in [0, 0.05) is 31.4 Å². The number of benzene rings is 1. The Balaban J connectivity index is 1.72. The molecule has 1 aromatic carbocycles. The molecule has 0 bridgehead atoms. The van der Waals surface area contributed by atoms with Gasteiger partial charge in [0.05, 0.1) is 5.69 Å². The molecule has 3 rings (SSSR count). The van der Waals surface area contributed by atoms with E-state index in [1.807, 2.05) is 30.8 Å². The van der Waals surface area contributed by atoms with Gasteiger partial charge in [-0.1, -0.05) is 12.1 Å². The van der Waals surface area contributed by atoms with Crippen molar-refractivity contribution in [3.8, 4) is 0 Å². The van der Waals surface area contributed by atoms with Gasteiger partial charge in [-0.2, -0.15) is 5.10 Å². The van der Waals surface area contributed by atoms with E-state index in [2.05, 4.69) is 16.6 Å². The second kappa shape index (κ2) is 5.37. The maximum atomic E-state index is 13.0. The average Bonchev–Trinajstić information content (AvgIpc) is 3.19. The largest absolute Gasteiger partial charge is 0.305 e. The average molecular weight is 273 g/mol. The molecule has 1 aromatic heterocycles. The number of nitrogens with zero attached hydrogens (tertiary/aromatic N) is 2. The lowest BCUT2D eigenvalue weighted by molar-refractivity contribution is 0.478. The minimum atomic E-state index is -0.175. The van der Waals surface area contributed by atoms with Crippen LogP contribution in [0.25, 0.3) is 0 Å². The van der Waals surface area contributed by atoms with Crippen LogP contribution in [0, 0.1) is 18.7 Å². The van der Waals surface area contributed by atoms with Crippen molar-refractivity contribution in [2.24, 2.45) is 13.0 Å². The first kappa shape index (κ1) is 13.3. The van der Waals surface area contributed by atoms with Crippen molar-refractivity contribution in [2.75, 3.05) is 0 Å². The second-order valence-electron chi connectivity index (χ2n) is 5.66. The molecule has 1 saturated carbocycles. The van der Waals surface area contributed by atoms with Crippen LogP contribution >= 0.6 is 0 Å². The summed E-state index contributed by atoms with van der Waals surface area (Å²) in [7, 11) is 1.94. The van der Waals surface area contributed by atoms with Crippen molar-refractivity contribution in [1.29, 1.82) is 0 Å². The Morgan fingerprint density at radius 3 is 2.60 bits per heavy atom. The zero-order chi connectivity index (χ0) is 14.1. The van der Waals surface area contributed by atoms with E-state index in [9.17, 15) is 4.39 Å². The fraction of sp³-hybridized carbons (Fsp3) is 0.438.